The number of hydrogen-bond acceptors (Lipinski definition) is 5. The number of anilines is 1. The fourth-order valence-corrected chi connectivity index (χ4v) is 2.19. The van der Waals surface area contributed by atoms with Crippen LogP contribution in [-0.4, -0.2) is 62.7 Å². The Morgan fingerprint density at radius 3 is 3.05 bits per heavy atom. The van der Waals surface area contributed by atoms with Gasteiger partial charge in [-0.15, -0.1) is 0 Å². The lowest BCUT2D eigenvalue weighted by molar-refractivity contribution is -0.129. The van der Waals surface area contributed by atoms with E-state index in [1.807, 2.05) is 19.2 Å². The normalized spacial score (nSPS) is 15.8. The summed E-state index contributed by atoms with van der Waals surface area (Å²) in [6.07, 6.45) is 1.77. The van der Waals surface area contributed by atoms with Crippen molar-refractivity contribution in [2.45, 2.75) is 6.54 Å². The number of nitrogens with one attached hydrogen (secondary N) is 1. The molecule has 1 aromatic rings. The number of aromatic nitrogens is 1. The predicted molar refractivity (Wildman–Crippen MR) is 77.7 cm³/mol. The Morgan fingerprint density at radius 1 is 1.45 bits per heavy atom. The molecule has 1 N–H and O–H groups in total. The summed E-state index contributed by atoms with van der Waals surface area (Å²) in [5.41, 5.74) is 1.11. The summed E-state index contributed by atoms with van der Waals surface area (Å²) in [6.45, 7) is 4.18. The quantitative estimate of drug-likeness (QED) is 0.748. The highest BCUT2D eigenvalue weighted by Gasteiger charge is 2.23. The van der Waals surface area contributed by atoms with Crippen LogP contribution in [0.4, 0.5) is 5.82 Å². The van der Waals surface area contributed by atoms with Crippen molar-refractivity contribution in [3.63, 3.8) is 0 Å². The van der Waals surface area contributed by atoms with Gasteiger partial charge in [0.05, 0.1) is 13.2 Å². The number of likely N-dealkylation sites (N-methyl/N-ethyl adjacent to an activating group) is 1. The van der Waals surface area contributed by atoms with Gasteiger partial charge >= 0.3 is 0 Å². The Hall–Kier alpha value is -1.66. The molecule has 1 aliphatic rings. The van der Waals surface area contributed by atoms with E-state index in [-0.39, 0.29) is 5.91 Å². The van der Waals surface area contributed by atoms with Gasteiger partial charge in [0.2, 0.25) is 5.91 Å². The van der Waals surface area contributed by atoms with E-state index in [0.717, 1.165) is 37.6 Å². The third-order valence-electron chi connectivity index (χ3n) is 3.42. The van der Waals surface area contributed by atoms with Crippen molar-refractivity contribution in [2.24, 2.45) is 0 Å². The molecule has 0 unspecified atom stereocenters. The maximum absolute atomic E-state index is 11.8. The van der Waals surface area contributed by atoms with Gasteiger partial charge in [0.15, 0.2) is 0 Å². The fourth-order valence-electron chi connectivity index (χ4n) is 2.19. The number of rotatable bonds is 6. The SMILES string of the molecule is COCCNCc1cccnc1N1CCN(C)C(=O)C1. The van der Waals surface area contributed by atoms with Crippen LogP contribution < -0.4 is 10.2 Å². The Balaban J connectivity index is 2.02. The molecule has 1 saturated heterocycles. The van der Waals surface area contributed by atoms with Crippen LogP contribution in [0.15, 0.2) is 18.3 Å². The minimum Gasteiger partial charge on any atom is -0.383 e. The summed E-state index contributed by atoms with van der Waals surface area (Å²) >= 11 is 0. The van der Waals surface area contributed by atoms with Crippen LogP contribution in [0.1, 0.15) is 5.56 Å². The molecule has 6 nitrogen and oxygen atoms in total. The van der Waals surface area contributed by atoms with Gasteiger partial charge in [-0.05, 0) is 6.07 Å². The minimum absolute atomic E-state index is 0.139. The highest BCUT2D eigenvalue weighted by atomic mass is 16.5. The molecule has 0 aliphatic carbocycles. The number of ether oxygens (including phenoxy) is 1. The first kappa shape index (κ1) is 14.7. The molecule has 2 rings (SSSR count). The second-order valence-corrected chi connectivity index (χ2v) is 4.89. The molecule has 0 radical (unpaired) electrons. The Morgan fingerprint density at radius 2 is 2.30 bits per heavy atom. The smallest absolute Gasteiger partial charge is 0.241 e. The number of hydrogen-bond donors (Lipinski definition) is 1. The van der Waals surface area contributed by atoms with E-state index >= 15 is 0 Å². The van der Waals surface area contributed by atoms with E-state index in [0.29, 0.717) is 13.2 Å². The zero-order valence-electron chi connectivity index (χ0n) is 12.1. The number of pyridine rings is 1. The first-order valence-electron chi connectivity index (χ1n) is 6.85. The lowest BCUT2D eigenvalue weighted by Gasteiger charge is -2.33. The number of methoxy groups -OCH3 is 1. The number of carbonyl (C=O) groups excluding carboxylic acids is 1. The summed E-state index contributed by atoms with van der Waals surface area (Å²) in [5.74, 6) is 1.04. The van der Waals surface area contributed by atoms with Crippen molar-refractivity contribution in [1.29, 1.82) is 0 Å². The Bertz CT molecular complexity index is 453. The molecule has 0 atom stereocenters. The lowest BCUT2D eigenvalue weighted by atomic mass is 10.2. The standard InChI is InChI=1S/C14H22N4O2/c1-17-7-8-18(11-13(17)19)14-12(4-3-5-16-14)10-15-6-9-20-2/h3-5,15H,6-11H2,1-2H3. The second-order valence-electron chi connectivity index (χ2n) is 4.89. The van der Waals surface area contributed by atoms with Gasteiger partial charge < -0.3 is 19.9 Å². The third-order valence-corrected chi connectivity index (χ3v) is 3.42. The van der Waals surface area contributed by atoms with Gasteiger partial charge in [0.25, 0.3) is 0 Å². The summed E-state index contributed by atoms with van der Waals surface area (Å²) in [5, 5.41) is 3.32. The molecule has 20 heavy (non-hydrogen) atoms. The lowest BCUT2D eigenvalue weighted by Crippen LogP contribution is -2.49. The molecule has 1 aromatic heterocycles. The second kappa shape index (κ2) is 7.21. The highest BCUT2D eigenvalue weighted by Crippen LogP contribution is 2.18. The van der Waals surface area contributed by atoms with Gasteiger partial charge in [-0.2, -0.15) is 0 Å². The maximum Gasteiger partial charge on any atom is 0.241 e. The molecular formula is C14H22N4O2. The van der Waals surface area contributed by atoms with Crippen molar-refractivity contribution in [3.8, 4) is 0 Å². The van der Waals surface area contributed by atoms with Crippen molar-refractivity contribution >= 4 is 11.7 Å². The summed E-state index contributed by atoms with van der Waals surface area (Å²) in [6, 6.07) is 3.97. The van der Waals surface area contributed by atoms with Gasteiger partial charge in [-0.25, -0.2) is 4.98 Å². The fraction of sp³-hybridized carbons (Fsp3) is 0.571. The number of carbonyl (C=O) groups is 1. The molecular weight excluding hydrogens is 256 g/mol. The Labute approximate surface area is 119 Å². The maximum atomic E-state index is 11.8. The van der Waals surface area contributed by atoms with Gasteiger partial charge in [0.1, 0.15) is 5.82 Å². The van der Waals surface area contributed by atoms with Crippen LogP contribution in [0.2, 0.25) is 0 Å². The molecule has 6 heteroatoms. The molecule has 1 aliphatic heterocycles. The van der Waals surface area contributed by atoms with Gasteiger partial charge in [0, 0.05) is 52.1 Å². The zero-order valence-corrected chi connectivity index (χ0v) is 12.1. The molecule has 0 aromatic carbocycles. The largest absolute Gasteiger partial charge is 0.383 e. The molecule has 0 saturated carbocycles. The minimum atomic E-state index is 0.139. The summed E-state index contributed by atoms with van der Waals surface area (Å²) in [7, 11) is 3.53. The first-order valence-corrected chi connectivity index (χ1v) is 6.85. The predicted octanol–water partition coefficient (Wildman–Crippen LogP) is 0.0960. The zero-order chi connectivity index (χ0) is 14.4. The van der Waals surface area contributed by atoms with Crippen LogP contribution in [0.3, 0.4) is 0 Å². The monoisotopic (exact) mass is 278 g/mol. The van der Waals surface area contributed by atoms with E-state index in [1.165, 1.54) is 0 Å². The average Bonchev–Trinajstić information content (AvgIpc) is 2.47. The number of piperazine rings is 1. The van der Waals surface area contributed by atoms with E-state index in [2.05, 4.69) is 15.2 Å². The molecule has 0 spiro atoms. The molecule has 1 fully saturated rings. The Kier molecular flexibility index (Phi) is 5.31. The van der Waals surface area contributed by atoms with Crippen molar-refractivity contribution in [3.05, 3.63) is 23.9 Å². The first-order chi connectivity index (χ1) is 9.72. The van der Waals surface area contributed by atoms with Gasteiger partial charge in [-0.1, -0.05) is 6.07 Å². The van der Waals surface area contributed by atoms with Crippen molar-refractivity contribution < 1.29 is 9.53 Å². The summed E-state index contributed by atoms with van der Waals surface area (Å²) < 4.78 is 5.01. The molecule has 110 valence electrons. The summed E-state index contributed by atoms with van der Waals surface area (Å²) in [4.78, 5) is 20.1. The highest BCUT2D eigenvalue weighted by molar-refractivity contribution is 5.82. The average molecular weight is 278 g/mol. The number of amides is 1. The van der Waals surface area contributed by atoms with Crippen LogP contribution >= 0.6 is 0 Å². The van der Waals surface area contributed by atoms with Crippen LogP contribution in [0.5, 0.6) is 0 Å². The number of nitrogens with zero attached hydrogens (tertiary/aromatic N) is 3. The molecule has 1 amide bonds. The van der Waals surface area contributed by atoms with E-state index in [9.17, 15) is 4.79 Å². The van der Waals surface area contributed by atoms with Crippen LogP contribution in [0, 0.1) is 0 Å². The van der Waals surface area contributed by atoms with E-state index in [4.69, 9.17) is 4.74 Å². The van der Waals surface area contributed by atoms with E-state index < -0.39 is 0 Å². The molecule has 0 bridgehead atoms. The van der Waals surface area contributed by atoms with Crippen LogP contribution in [-0.2, 0) is 16.1 Å². The van der Waals surface area contributed by atoms with Gasteiger partial charge in [-0.3, -0.25) is 4.79 Å². The molecule has 2 heterocycles. The van der Waals surface area contributed by atoms with Crippen molar-refractivity contribution in [1.82, 2.24) is 15.2 Å². The topological polar surface area (TPSA) is 57.7 Å². The van der Waals surface area contributed by atoms with E-state index in [1.54, 1.807) is 18.2 Å². The third kappa shape index (κ3) is 3.68. The van der Waals surface area contributed by atoms with Crippen LogP contribution in [0.25, 0.3) is 0 Å². The van der Waals surface area contributed by atoms with Crippen molar-refractivity contribution in [2.75, 3.05) is 51.8 Å².